The van der Waals surface area contributed by atoms with Crippen LogP contribution in [0.3, 0.4) is 0 Å². The number of nitrogens with zero attached hydrogens (tertiary/aromatic N) is 5. The molecule has 0 aliphatic carbocycles. The number of amides is 1. The first-order chi connectivity index (χ1) is 18.1. The van der Waals surface area contributed by atoms with Crippen molar-refractivity contribution in [3.63, 3.8) is 0 Å². The standard InChI is InChI=1S/C27H28N8O2/c1-34-8-6-18-17(5-7-29-26(18)34)25-19-11-31-27(36)24(19)21(13-30-25)33-23-4-3-22-20(32-23)12-28-10-15-9-16(37-2)14-35(15)22/h3-8,13,15-16,28H,9-12,14H2,1-2H3,(H,31,36)(H,32,33)/t15-,16-/m0/s1. The summed E-state index contributed by atoms with van der Waals surface area (Å²) < 4.78 is 7.61. The number of rotatable bonds is 4. The maximum atomic E-state index is 12.9. The molecule has 7 rings (SSSR count). The molecule has 1 fully saturated rings. The molecular formula is C27H28N8O2. The molecule has 188 valence electrons. The van der Waals surface area contributed by atoms with Crippen molar-refractivity contribution in [1.82, 2.24) is 30.2 Å². The molecule has 10 heteroatoms. The van der Waals surface area contributed by atoms with Gasteiger partial charge in [0.15, 0.2) is 0 Å². The van der Waals surface area contributed by atoms with E-state index in [0.29, 0.717) is 36.2 Å². The Morgan fingerprint density at radius 2 is 2.08 bits per heavy atom. The average Bonchev–Trinajstić information content (AvgIpc) is 3.59. The lowest BCUT2D eigenvalue weighted by Gasteiger charge is -2.25. The Kier molecular flexibility index (Phi) is 5.12. The van der Waals surface area contributed by atoms with Crippen LogP contribution >= 0.6 is 0 Å². The maximum Gasteiger partial charge on any atom is 0.254 e. The van der Waals surface area contributed by atoms with Gasteiger partial charge in [-0.25, -0.2) is 9.97 Å². The highest BCUT2D eigenvalue weighted by Gasteiger charge is 2.35. The van der Waals surface area contributed by atoms with Gasteiger partial charge in [-0.05, 0) is 30.7 Å². The number of nitrogens with one attached hydrogen (secondary N) is 3. The fraction of sp³-hybridized carbons (Fsp3) is 0.333. The highest BCUT2D eigenvalue weighted by Crippen LogP contribution is 2.37. The predicted molar refractivity (Wildman–Crippen MR) is 141 cm³/mol. The van der Waals surface area contributed by atoms with Crippen LogP contribution in [0.25, 0.3) is 22.3 Å². The van der Waals surface area contributed by atoms with Crippen LogP contribution in [0.2, 0.25) is 0 Å². The summed E-state index contributed by atoms with van der Waals surface area (Å²) in [6.07, 6.45) is 6.75. The van der Waals surface area contributed by atoms with E-state index in [9.17, 15) is 4.79 Å². The summed E-state index contributed by atoms with van der Waals surface area (Å²) in [5.41, 5.74) is 6.92. The van der Waals surface area contributed by atoms with Crippen molar-refractivity contribution < 1.29 is 9.53 Å². The maximum absolute atomic E-state index is 12.9. The van der Waals surface area contributed by atoms with Crippen LogP contribution in [0, 0.1) is 0 Å². The molecule has 1 amide bonds. The third-order valence-electron chi connectivity index (χ3n) is 7.76. The minimum absolute atomic E-state index is 0.110. The Hall–Kier alpha value is -4.02. The molecule has 1 saturated heterocycles. The van der Waals surface area contributed by atoms with Crippen molar-refractivity contribution >= 4 is 34.1 Å². The van der Waals surface area contributed by atoms with Crippen molar-refractivity contribution in [2.75, 3.05) is 30.4 Å². The molecule has 0 bridgehead atoms. The van der Waals surface area contributed by atoms with Crippen LogP contribution in [0.4, 0.5) is 17.2 Å². The molecule has 7 heterocycles. The largest absolute Gasteiger partial charge is 0.380 e. The summed E-state index contributed by atoms with van der Waals surface area (Å²) in [5.74, 6) is 0.578. The third kappa shape index (κ3) is 3.55. The lowest BCUT2D eigenvalue weighted by atomic mass is 10.0. The smallest absolute Gasteiger partial charge is 0.254 e. The Bertz CT molecular complexity index is 1550. The first-order valence-electron chi connectivity index (χ1n) is 12.6. The van der Waals surface area contributed by atoms with Crippen LogP contribution in [-0.2, 0) is 24.9 Å². The quantitative estimate of drug-likeness (QED) is 0.396. The minimum atomic E-state index is -0.110. The van der Waals surface area contributed by atoms with E-state index in [-0.39, 0.29) is 12.0 Å². The zero-order valence-corrected chi connectivity index (χ0v) is 20.8. The van der Waals surface area contributed by atoms with Crippen LogP contribution in [-0.4, -0.2) is 57.8 Å². The first-order valence-corrected chi connectivity index (χ1v) is 12.6. The van der Waals surface area contributed by atoms with Crippen molar-refractivity contribution in [3.05, 3.63) is 59.7 Å². The lowest BCUT2D eigenvalue weighted by molar-refractivity contribution is 0.0966. The number of methoxy groups -OCH3 is 1. The summed E-state index contributed by atoms with van der Waals surface area (Å²) >= 11 is 0. The van der Waals surface area contributed by atoms with E-state index >= 15 is 0 Å². The van der Waals surface area contributed by atoms with Gasteiger partial charge in [0, 0.05) is 75.3 Å². The number of carbonyl (C=O) groups excluding carboxylic acids is 1. The lowest BCUT2D eigenvalue weighted by Crippen LogP contribution is -2.34. The van der Waals surface area contributed by atoms with Crippen LogP contribution < -0.4 is 20.9 Å². The highest BCUT2D eigenvalue weighted by atomic mass is 16.5. The number of carbonyl (C=O) groups is 1. The third-order valence-corrected chi connectivity index (χ3v) is 7.76. The van der Waals surface area contributed by atoms with E-state index < -0.39 is 0 Å². The monoisotopic (exact) mass is 496 g/mol. The van der Waals surface area contributed by atoms with Crippen LogP contribution in [0.15, 0.2) is 42.9 Å². The second-order valence-electron chi connectivity index (χ2n) is 9.90. The zero-order valence-electron chi connectivity index (χ0n) is 20.8. The molecule has 0 aromatic carbocycles. The fourth-order valence-electron chi connectivity index (χ4n) is 5.92. The molecule has 3 aliphatic rings. The number of aromatic nitrogens is 4. The van der Waals surface area contributed by atoms with E-state index in [1.54, 1.807) is 19.5 Å². The molecule has 3 aliphatic heterocycles. The molecule has 2 atom stereocenters. The zero-order chi connectivity index (χ0) is 25.1. The van der Waals surface area contributed by atoms with Gasteiger partial charge < -0.3 is 30.2 Å². The summed E-state index contributed by atoms with van der Waals surface area (Å²) in [7, 11) is 3.75. The Morgan fingerprint density at radius 1 is 1.16 bits per heavy atom. The number of aryl methyl sites for hydroxylation is 1. The number of pyridine rings is 3. The molecule has 3 N–H and O–H groups in total. The molecule has 0 spiro atoms. The van der Waals surface area contributed by atoms with Gasteiger partial charge >= 0.3 is 0 Å². The van der Waals surface area contributed by atoms with Gasteiger partial charge in [0.2, 0.25) is 0 Å². The second kappa shape index (κ2) is 8.53. The number of fused-ring (bicyclic) bond motifs is 5. The molecule has 0 radical (unpaired) electrons. The minimum Gasteiger partial charge on any atom is -0.380 e. The second-order valence-corrected chi connectivity index (χ2v) is 9.90. The van der Waals surface area contributed by atoms with Gasteiger partial charge in [-0.1, -0.05) is 0 Å². The van der Waals surface area contributed by atoms with Crippen LogP contribution in [0.5, 0.6) is 0 Å². The Morgan fingerprint density at radius 3 is 2.97 bits per heavy atom. The fourth-order valence-corrected chi connectivity index (χ4v) is 5.92. The summed E-state index contributed by atoms with van der Waals surface area (Å²) in [4.78, 5) is 29.6. The molecular weight excluding hydrogens is 468 g/mol. The predicted octanol–water partition coefficient (Wildman–Crippen LogP) is 2.71. The van der Waals surface area contributed by atoms with Gasteiger partial charge in [-0.2, -0.15) is 0 Å². The SMILES string of the molecule is CO[C@H]1C[C@H]2CNCc3nc(Nc4cnc(-c5ccnc6c5ccn6C)c5c4C(=O)NC5)ccc3N2C1. The number of anilines is 3. The molecule has 4 aromatic heterocycles. The molecule has 0 unspecified atom stereocenters. The Labute approximate surface area is 214 Å². The van der Waals surface area contributed by atoms with Crippen LogP contribution in [0.1, 0.15) is 28.0 Å². The summed E-state index contributed by atoms with van der Waals surface area (Å²) in [6, 6.07) is 8.50. The highest BCUT2D eigenvalue weighted by molar-refractivity contribution is 6.06. The normalized spacial score (nSPS) is 20.4. The number of hydrogen-bond acceptors (Lipinski definition) is 8. The molecule has 10 nitrogen and oxygen atoms in total. The summed E-state index contributed by atoms with van der Waals surface area (Å²) in [6.45, 7) is 2.90. The van der Waals surface area contributed by atoms with Gasteiger partial charge in [0.1, 0.15) is 11.5 Å². The van der Waals surface area contributed by atoms with Crippen molar-refractivity contribution in [3.8, 4) is 11.3 Å². The number of ether oxygens (including phenoxy) is 1. The van der Waals surface area contributed by atoms with E-state index in [1.165, 1.54) is 0 Å². The van der Waals surface area contributed by atoms with E-state index in [2.05, 4.69) is 31.9 Å². The Balaban J connectivity index is 1.25. The van der Waals surface area contributed by atoms with Crippen molar-refractivity contribution in [2.45, 2.75) is 31.7 Å². The summed E-state index contributed by atoms with van der Waals surface area (Å²) in [5, 5.41) is 10.9. The van der Waals surface area contributed by atoms with E-state index in [4.69, 9.17) is 14.7 Å². The van der Waals surface area contributed by atoms with Gasteiger partial charge in [-0.15, -0.1) is 0 Å². The van der Waals surface area contributed by atoms with Gasteiger partial charge in [0.25, 0.3) is 5.91 Å². The molecule has 37 heavy (non-hydrogen) atoms. The average molecular weight is 497 g/mol. The van der Waals surface area contributed by atoms with Crippen molar-refractivity contribution in [2.24, 2.45) is 7.05 Å². The van der Waals surface area contributed by atoms with E-state index in [1.807, 2.05) is 36.0 Å². The molecule has 0 saturated carbocycles. The van der Waals surface area contributed by atoms with Gasteiger partial charge in [-0.3, -0.25) is 9.78 Å². The van der Waals surface area contributed by atoms with Gasteiger partial charge in [0.05, 0.1) is 40.6 Å². The topological polar surface area (TPSA) is 109 Å². The van der Waals surface area contributed by atoms with E-state index in [0.717, 1.165) is 58.7 Å². The first kappa shape index (κ1) is 22.2. The van der Waals surface area contributed by atoms with Crippen molar-refractivity contribution in [1.29, 1.82) is 0 Å². The molecule has 4 aromatic rings. The number of hydrogen-bond donors (Lipinski definition) is 3.